The SMILES string of the molecule is C=CCCCOC(=O)[C@H]1[C@H]2C(=O)N([C@H](CO)c3ccccc3)C(C(=O)N(CC=C)c3ccccc3Cl)C23CC(C)[C@]1(C)O3. The molecule has 0 radical (unpaired) electrons. The van der Waals surface area contributed by atoms with Gasteiger partial charge in [-0.3, -0.25) is 14.4 Å². The molecule has 0 saturated carbocycles. The number of aliphatic hydroxyl groups is 1. The number of para-hydroxylation sites is 1. The number of carbonyl (C=O) groups is 3. The fourth-order valence-corrected chi connectivity index (χ4v) is 7.66. The molecule has 8 nitrogen and oxygen atoms in total. The number of unbranched alkanes of at least 4 members (excludes halogenated alkanes) is 1. The van der Waals surface area contributed by atoms with E-state index in [4.69, 9.17) is 21.1 Å². The first-order chi connectivity index (χ1) is 20.7. The Morgan fingerprint density at radius 1 is 1.19 bits per heavy atom. The lowest BCUT2D eigenvalue weighted by molar-refractivity contribution is -0.162. The molecule has 3 fully saturated rings. The highest BCUT2D eigenvalue weighted by Gasteiger charge is 2.81. The van der Waals surface area contributed by atoms with E-state index >= 15 is 0 Å². The molecular formula is C34H39ClN2O6. The van der Waals surface area contributed by atoms with Gasteiger partial charge in [-0.1, -0.05) is 73.1 Å². The van der Waals surface area contributed by atoms with Crippen molar-refractivity contribution >= 4 is 35.1 Å². The third-order valence-electron chi connectivity index (χ3n) is 9.45. The molecule has 5 rings (SSSR count). The Hall–Kier alpha value is -3.46. The van der Waals surface area contributed by atoms with E-state index in [1.807, 2.05) is 44.2 Å². The summed E-state index contributed by atoms with van der Waals surface area (Å²) in [6, 6.07) is 14.1. The van der Waals surface area contributed by atoms with Gasteiger partial charge >= 0.3 is 5.97 Å². The molecule has 2 aromatic carbocycles. The Morgan fingerprint density at radius 2 is 1.88 bits per heavy atom. The first-order valence-corrected chi connectivity index (χ1v) is 15.2. The number of halogens is 1. The fraction of sp³-hybridized carbons (Fsp3) is 0.441. The Balaban J connectivity index is 1.65. The molecule has 2 bridgehead atoms. The maximum Gasteiger partial charge on any atom is 0.312 e. The van der Waals surface area contributed by atoms with Gasteiger partial charge in [0.1, 0.15) is 17.6 Å². The molecule has 0 aliphatic carbocycles. The molecule has 228 valence electrons. The van der Waals surface area contributed by atoms with E-state index < -0.39 is 59.5 Å². The molecular weight excluding hydrogens is 568 g/mol. The number of hydrogen-bond acceptors (Lipinski definition) is 6. The van der Waals surface area contributed by atoms with Crippen LogP contribution in [-0.2, 0) is 23.9 Å². The number of nitrogens with zero attached hydrogens (tertiary/aromatic N) is 2. The van der Waals surface area contributed by atoms with Crippen molar-refractivity contribution in [2.75, 3.05) is 24.7 Å². The van der Waals surface area contributed by atoms with Gasteiger partial charge in [0.2, 0.25) is 5.91 Å². The summed E-state index contributed by atoms with van der Waals surface area (Å²) in [5, 5.41) is 11.1. The molecule has 43 heavy (non-hydrogen) atoms. The van der Waals surface area contributed by atoms with Crippen LogP contribution in [0, 0.1) is 17.8 Å². The standard InChI is InChI=1S/C34H39ClN2O6/c1-5-7-13-19-42-32(41)28-27-30(39)37(26(21-38)23-14-9-8-10-15-23)29(34(27)20-22(3)33(28,4)43-34)31(40)36(18-6-2)25-17-12-11-16-24(25)35/h5-6,8-12,14-17,22,26-29,38H,1-2,7,13,18-21H2,3-4H3/t22?,26-,27+,28-,29?,33+,34?/m1/s1. The van der Waals surface area contributed by atoms with Gasteiger partial charge in [0.15, 0.2) is 0 Å². The number of aliphatic hydroxyl groups excluding tert-OH is 1. The molecule has 1 N–H and O–H groups in total. The van der Waals surface area contributed by atoms with Gasteiger partial charge < -0.3 is 24.4 Å². The second-order valence-corrected chi connectivity index (χ2v) is 12.3. The van der Waals surface area contributed by atoms with Crippen molar-refractivity contribution < 1.29 is 29.0 Å². The Labute approximate surface area is 257 Å². The first-order valence-electron chi connectivity index (χ1n) is 14.8. The van der Waals surface area contributed by atoms with Gasteiger partial charge in [0.05, 0.1) is 41.5 Å². The van der Waals surface area contributed by atoms with Gasteiger partial charge in [-0.15, -0.1) is 13.2 Å². The van der Waals surface area contributed by atoms with Crippen LogP contribution < -0.4 is 4.90 Å². The lowest BCUT2D eigenvalue weighted by atomic mass is 9.62. The van der Waals surface area contributed by atoms with Crippen molar-refractivity contribution in [3.8, 4) is 0 Å². The molecule has 3 saturated heterocycles. The van der Waals surface area contributed by atoms with Crippen molar-refractivity contribution in [3.63, 3.8) is 0 Å². The van der Waals surface area contributed by atoms with Gasteiger partial charge in [0, 0.05) is 6.54 Å². The zero-order valence-corrected chi connectivity index (χ0v) is 25.4. The summed E-state index contributed by atoms with van der Waals surface area (Å²) >= 11 is 6.58. The topological polar surface area (TPSA) is 96.4 Å². The monoisotopic (exact) mass is 606 g/mol. The number of benzene rings is 2. The number of carbonyl (C=O) groups excluding carboxylic acids is 3. The van der Waals surface area contributed by atoms with Crippen LogP contribution in [0.3, 0.4) is 0 Å². The minimum Gasteiger partial charge on any atom is -0.465 e. The van der Waals surface area contributed by atoms with Crippen molar-refractivity contribution in [2.24, 2.45) is 17.8 Å². The van der Waals surface area contributed by atoms with Crippen molar-refractivity contribution in [1.82, 2.24) is 4.90 Å². The second kappa shape index (κ2) is 12.3. The minimum atomic E-state index is -1.32. The van der Waals surface area contributed by atoms with Gasteiger partial charge in [-0.2, -0.15) is 0 Å². The summed E-state index contributed by atoms with van der Waals surface area (Å²) in [5.74, 6) is -3.40. The van der Waals surface area contributed by atoms with E-state index in [1.165, 1.54) is 9.80 Å². The number of esters is 1. The van der Waals surface area contributed by atoms with Crippen molar-refractivity contribution in [3.05, 3.63) is 90.5 Å². The van der Waals surface area contributed by atoms with Crippen LogP contribution in [0.2, 0.25) is 5.02 Å². The summed E-state index contributed by atoms with van der Waals surface area (Å²) in [5.41, 5.74) is -1.21. The van der Waals surface area contributed by atoms with Gasteiger partial charge in [-0.25, -0.2) is 0 Å². The number of likely N-dealkylation sites (tertiary alicyclic amines) is 1. The smallest absolute Gasteiger partial charge is 0.312 e. The second-order valence-electron chi connectivity index (χ2n) is 11.8. The van der Waals surface area contributed by atoms with E-state index in [9.17, 15) is 19.5 Å². The van der Waals surface area contributed by atoms with E-state index in [-0.39, 0.29) is 19.1 Å². The normalized spacial score (nSPS) is 29.7. The van der Waals surface area contributed by atoms with E-state index in [0.29, 0.717) is 35.5 Å². The van der Waals surface area contributed by atoms with E-state index in [2.05, 4.69) is 13.2 Å². The lowest BCUT2D eigenvalue weighted by Crippen LogP contribution is -2.57. The third-order valence-corrected chi connectivity index (χ3v) is 9.77. The van der Waals surface area contributed by atoms with Crippen LogP contribution in [0.1, 0.15) is 44.7 Å². The maximum atomic E-state index is 14.9. The summed E-state index contributed by atoms with van der Waals surface area (Å²) in [4.78, 5) is 46.3. The Morgan fingerprint density at radius 3 is 2.53 bits per heavy atom. The van der Waals surface area contributed by atoms with Crippen molar-refractivity contribution in [1.29, 1.82) is 0 Å². The number of hydrogen-bond donors (Lipinski definition) is 1. The summed E-state index contributed by atoms with van der Waals surface area (Å²) < 4.78 is 12.5. The number of amides is 2. The summed E-state index contributed by atoms with van der Waals surface area (Å²) in [6.45, 7) is 11.3. The van der Waals surface area contributed by atoms with Gasteiger partial charge in [-0.05, 0) is 49.8 Å². The molecule has 3 aliphatic heterocycles. The lowest BCUT2D eigenvalue weighted by Gasteiger charge is -2.39. The fourth-order valence-electron chi connectivity index (χ4n) is 7.42. The Kier molecular flexibility index (Phi) is 8.84. The molecule has 1 spiro atoms. The summed E-state index contributed by atoms with van der Waals surface area (Å²) in [6.07, 6.45) is 5.03. The van der Waals surface area contributed by atoms with Crippen LogP contribution >= 0.6 is 11.6 Å². The highest BCUT2D eigenvalue weighted by molar-refractivity contribution is 6.34. The largest absolute Gasteiger partial charge is 0.465 e. The van der Waals surface area contributed by atoms with Crippen LogP contribution in [0.25, 0.3) is 0 Å². The number of ether oxygens (including phenoxy) is 2. The first kappa shape index (κ1) is 31.0. The number of anilines is 1. The minimum absolute atomic E-state index is 0.124. The molecule has 9 heteroatoms. The molecule has 3 unspecified atom stereocenters. The van der Waals surface area contributed by atoms with Crippen LogP contribution in [0.15, 0.2) is 79.9 Å². The van der Waals surface area contributed by atoms with Crippen LogP contribution in [0.5, 0.6) is 0 Å². The summed E-state index contributed by atoms with van der Waals surface area (Å²) in [7, 11) is 0. The highest BCUT2D eigenvalue weighted by Crippen LogP contribution is 2.66. The molecule has 2 amide bonds. The van der Waals surface area contributed by atoms with E-state index in [1.54, 1.807) is 36.4 Å². The third kappa shape index (κ3) is 4.99. The molecule has 0 aromatic heterocycles. The van der Waals surface area contributed by atoms with E-state index in [0.717, 1.165) is 0 Å². The Bertz CT molecular complexity index is 1400. The van der Waals surface area contributed by atoms with Crippen LogP contribution in [-0.4, -0.2) is 64.8 Å². The predicted octanol–water partition coefficient (Wildman–Crippen LogP) is 5.11. The maximum absolute atomic E-state index is 14.9. The average Bonchev–Trinajstić information content (AvgIpc) is 3.52. The highest BCUT2D eigenvalue weighted by atomic mass is 35.5. The zero-order chi connectivity index (χ0) is 30.9. The average molecular weight is 607 g/mol. The molecule has 7 atom stereocenters. The molecule has 3 aliphatic rings. The molecule has 2 aromatic rings. The quantitative estimate of drug-likeness (QED) is 0.205. The predicted molar refractivity (Wildman–Crippen MR) is 164 cm³/mol. The van der Waals surface area contributed by atoms with Gasteiger partial charge in [0.25, 0.3) is 5.91 Å². The number of rotatable bonds is 12. The van der Waals surface area contributed by atoms with Crippen molar-refractivity contribution in [2.45, 2.75) is 56.4 Å². The zero-order valence-electron chi connectivity index (χ0n) is 24.7. The number of allylic oxidation sites excluding steroid dienone is 1. The molecule has 3 heterocycles. The van der Waals surface area contributed by atoms with Crippen LogP contribution in [0.4, 0.5) is 5.69 Å². The number of fused-ring (bicyclic) bond motifs is 1.